The van der Waals surface area contributed by atoms with Crippen LogP contribution in [0.1, 0.15) is 6.92 Å². The monoisotopic (exact) mass is 334 g/mol. The minimum Gasteiger partial charge on any atom is -0.271 e. The number of nitrogens with one attached hydrogen (secondary N) is 1. The van der Waals surface area contributed by atoms with Crippen LogP contribution in [0.15, 0.2) is 35.6 Å². The Hall–Kier alpha value is -1.15. The van der Waals surface area contributed by atoms with Crippen molar-refractivity contribution in [1.29, 1.82) is 0 Å². The van der Waals surface area contributed by atoms with Crippen molar-refractivity contribution in [2.24, 2.45) is 0 Å². The van der Waals surface area contributed by atoms with E-state index >= 15 is 0 Å². The van der Waals surface area contributed by atoms with Gasteiger partial charge in [-0.05, 0) is 19.1 Å². The molecule has 108 valence electrons. The van der Waals surface area contributed by atoms with Crippen LogP contribution in [0.4, 0.5) is 0 Å². The molecule has 1 N–H and O–H groups in total. The van der Waals surface area contributed by atoms with Gasteiger partial charge in [-0.2, -0.15) is 5.10 Å². The van der Waals surface area contributed by atoms with Gasteiger partial charge in [0, 0.05) is 24.6 Å². The standard InChI is InChI=1S/C11H12Cl2N4O2S/c1-8(7-17-4-2-3-15-17)16-20(18,19)9-5-10(12)11(13)14-6-9/h2-6,8,16H,7H2,1H3. The number of sulfonamides is 1. The molecule has 0 saturated heterocycles. The van der Waals surface area contributed by atoms with Crippen molar-refractivity contribution in [3.05, 3.63) is 40.9 Å². The molecule has 20 heavy (non-hydrogen) atoms. The van der Waals surface area contributed by atoms with Gasteiger partial charge in [0.2, 0.25) is 10.0 Å². The number of hydrogen-bond acceptors (Lipinski definition) is 4. The largest absolute Gasteiger partial charge is 0.271 e. The normalized spacial score (nSPS) is 13.3. The van der Waals surface area contributed by atoms with Gasteiger partial charge in [0.1, 0.15) is 10.0 Å². The Morgan fingerprint density at radius 2 is 2.20 bits per heavy atom. The fraction of sp³-hybridized carbons (Fsp3) is 0.273. The Bertz CT molecular complexity index is 688. The van der Waals surface area contributed by atoms with Crippen LogP contribution in [0, 0.1) is 0 Å². The second-order valence-corrected chi connectivity index (χ2v) is 6.67. The summed E-state index contributed by atoms with van der Waals surface area (Å²) in [5.74, 6) is 0. The molecule has 1 unspecified atom stereocenters. The molecule has 0 saturated carbocycles. The first-order valence-electron chi connectivity index (χ1n) is 5.69. The van der Waals surface area contributed by atoms with E-state index in [1.54, 1.807) is 30.1 Å². The molecule has 0 aromatic carbocycles. The van der Waals surface area contributed by atoms with E-state index in [0.717, 1.165) is 6.20 Å². The molecule has 2 aromatic heterocycles. The fourth-order valence-corrected chi connectivity index (χ4v) is 3.15. The Balaban J connectivity index is 2.12. The molecule has 0 bridgehead atoms. The lowest BCUT2D eigenvalue weighted by molar-refractivity contribution is 0.494. The Labute approximate surface area is 126 Å². The minimum absolute atomic E-state index is 0.0285. The lowest BCUT2D eigenvalue weighted by Gasteiger charge is -2.14. The average Bonchev–Trinajstić information content (AvgIpc) is 2.84. The zero-order valence-corrected chi connectivity index (χ0v) is 12.8. The van der Waals surface area contributed by atoms with E-state index in [4.69, 9.17) is 23.2 Å². The van der Waals surface area contributed by atoms with Crippen molar-refractivity contribution in [3.63, 3.8) is 0 Å². The van der Waals surface area contributed by atoms with E-state index < -0.39 is 10.0 Å². The highest BCUT2D eigenvalue weighted by Crippen LogP contribution is 2.22. The van der Waals surface area contributed by atoms with Crippen LogP contribution in [-0.4, -0.2) is 29.2 Å². The highest BCUT2D eigenvalue weighted by atomic mass is 35.5. The van der Waals surface area contributed by atoms with E-state index in [2.05, 4.69) is 14.8 Å². The van der Waals surface area contributed by atoms with Gasteiger partial charge >= 0.3 is 0 Å². The minimum atomic E-state index is -3.70. The maximum Gasteiger partial charge on any atom is 0.242 e. The van der Waals surface area contributed by atoms with Crippen LogP contribution in [0.5, 0.6) is 0 Å². The van der Waals surface area contributed by atoms with Crippen LogP contribution >= 0.6 is 23.2 Å². The summed E-state index contributed by atoms with van der Waals surface area (Å²) in [6.45, 7) is 2.16. The maximum absolute atomic E-state index is 12.2. The molecule has 2 aromatic rings. The van der Waals surface area contributed by atoms with E-state index in [9.17, 15) is 8.42 Å². The molecule has 0 radical (unpaired) electrons. The van der Waals surface area contributed by atoms with Gasteiger partial charge < -0.3 is 0 Å². The van der Waals surface area contributed by atoms with Gasteiger partial charge in [0.15, 0.2) is 0 Å². The summed E-state index contributed by atoms with van der Waals surface area (Å²) in [5.41, 5.74) is 0. The third-order valence-electron chi connectivity index (χ3n) is 2.46. The molecule has 0 spiro atoms. The van der Waals surface area contributed by atoms with Crippen molar-refractivity contribution in [3.8, 4) is 0 Å². The Morgan fingerprint density at radius 3 is 2.80 bits per heavy atom. The summed E-state index contributed by atoms with van der Waals surface area (Å²) in [6, 6.07) is 2.69. The summed E-state index contributed by atoms with van der Waals surface area (Å²) in [6.07, 6.45) is 4.55. The summed E-state index contributed by atoms with van der Waals surface area (Å²) >= 11 is 11.4. The lowest BCUT2D eigenvalue weighted by Crippen LogP contribution is -2.35. The predicted molar refractivity (Wildman–Crippen MR) is 76.3 cm³/mol. The lowest BCUT2D eigenvalue weighted by atomic mass is 10.4. The Morgan fingerprint density at radius 1 is 1.45 bits per heavy atom. The number of hydrogen-bond donors (Lipinski definition) is 1. The summed E-state index contributed by atoms with van der Waals surface area (Å²) in [7, 11) is -3.70. The zero-order valence-electron chi connectivity index (χ0n) is 10.5. The third kappa shape index (κ3) is 3.69. The van der Waals surface area contributed by atoms with Gasteiger partial charge in [-0.25, -0.2) is 18.1 Å². The summed E-state index contributed by atoms with van der Waals surface area (Å²) in [5, 5.41) is 4.17. The molecule has 0 aliphatic heterocycles. The van der Waals surface area contributed by atoms with Gasteiger partial charge in [0.05, 0.1) is 11.6 Å². The number of halogens is 2. The van der Waals surface area contributed by atoms with Gasteiger partial charge in [-0.1, -0.05) is 23.2 Å². The number of rotatable bonds is 5. The highest BCUT2D eigenvalue weighted by molar-refractivity contribution is 7.89. The molecular formula is C11H12Cl2N4O2S. The SMILES string of the molecule is CC(Cn1cccn1)NS(=O)(=O)c1cnc(Cl)c(Cl)c1. The number of nitrogens with zero attached hydrogens (tertiary/aromatic N) is 3. The third-order valence-corrected chi connectivity index (χ3v) is 4.70. The molecule has 0 fully saturated rings. The van der Waals surface area contributed by atoms with E-state index in [1.807, 2.05) is 0 Å². The topological polar surface area (TPSA) is 76.9 Å². The summed E-state index contributed by atoms with van der Waals surface area (Å²) in [4.78, 5) is 3.70. The predicted octanol–water partition coefficient (Wildman–Crippen LogP) is 1.95. The van der Waals surface area contributed by atoms with Crippen LogP contribution in [-0.2, 0) is 16.6 Å². The molecule has 0 amide bonds. The molecule has 6 nitrogen and oxygen atoms in total. The van der Waals surface area contributed by atoms with Gasteiger partial charge in [-0.3, -0.25) is 4.68 Å². The van der Waals surface area contributed by atoms with Crippen molar-refractivity contribution in [2.75, 3.05) is 0 Å². The first-order chi connectivity index (χ1) is 9.38. The second-order valence-electron chi connectivity index (χ2n) is 4.19. The average molecular weight is 335 g/mol. The van der Waals surface area contributed by atoms with Crippen molar-refractivity contribution >= 4 is 33.2 Å². The first kappa shape index (κ1) is 15.2. The highest BCUT2D eigenvalue weighted by Gasteiger charge is 2.19. The molecular weight excluding hydrogens is 323 g/mol. The molecule has 1 atom stereocenters. The van der Waals surface area contributed by atoms with Crippen LogP contribution in [0.3, 0.4) is 0 Å². The van der Waals surface area contributed by atoms with E-state index in [-0.39, 0.29) is 21.1 Å². The smallest absolute Gasteiger partial charge is 0.242 e. The van der Waals surface area contributed by atoms with Crippen LogP contribution in [0.2, 0.25) is 10.2 Å². The molecule has 0 aliphatic carbocycles. The zero-order chi connectivity index (χ0) is 14.8. The van der Waals surface area contributed by atoms with E-state index in [0.29, 0.717) is 6.54 Å². The number of aromatic nitrogens is 3. The van der Waals surface area contributed by atoms with Crippen molar-refractivity contribution in [1.82, 2.24) is 19.5 Å². The van der Waals surface area contributed by atoms with Crippen LogP contribution in [0.25, 0.3) is 0 Å². The fourth-order valence-electron chi connectivity index (χ4n) is 1.61. The first-order valence-corrected chi connectivity index (χ1v) is 7.93. The second kappa shape index (κ2) is 6.09. The maximum atomic E-state index is 12.2. The van der Waals surface area contributed by atoms with Crippen molar-refractivity contribution < 1.29 is 8.42 Å². The van der Waals surface area contributed by atoms with Gasteiger partial charge in [0.25, 0.3) is 0 Å². The molecule has 0 aliphatic rings. The van der Waals surface area contributed by atoms with Crippen molar-refractivity contribution in [2.45, 2.75) is 24.4 Å². The summed E-state index contributed by atoms with van der Waals surface area (Å²) < 4.78 is 28.5. The van der Waals surface area contributed by atoms with Crippen LogP contribution < -0.4 is 4.72 Å². The Kier molecular flexibility index (Phi) is 4.64. The quantitative estimate of drug-likeness (QED) is 0.848. The molecule has 9 heteroatoms. The van der Waals surface area contributed by atoms with E-state index in [1.165, 1.54) is 6.07 Å². The number of pyridine rings is 1. The molecule has 2 heterocycles. The molecule has 2 rings (SSSR count). The van der Waals surface area contributed by atoms with Gasteiger partial charge in [-0.15, -0.1) is 0 Å².